The molecule has 0 unspecified atom stereocenters. The topological polar surface area (TPSA) is 99.8 Å². The molecule has 0 bridgehead atoms. The molecule has 8 nitrogen and oxygen atoms in total. The third-order valence-corrected chi connectivity index (χ3v) is 7.63. The minimum Gasteiger partial charge on any atom is -0.497 e. The molecule has 1 aliphatic rings. The average molecular weight is 583 g/mol. The van der Waals surface area contributed by atoms with Crippen molar-refractivity contribution >= 4 is 52.4 Å². The molecule has 10 heteroatoms. The van der Waals surface area contributed by atoms with Crippen molar-refractivity contribution in [2.75, 3.05) is 28.0 Å². The number of carbonyl (C=O) groups is 3. The fraction of sp³-hybridized carbons (Fsp3) is 0.0938. The summed E-state index contributed by atoms with van der Waals surface area (Å²) in [5.41, 5.74) is 4.20. The first-order valence-electron chi connectivity index (χ1n) is 12.9. The van der Waals surface area contributed by atoms with Crippen LogP contribution in [0.3, 0.4) is 0 Å². The second-order valence-electron chi connectivity index (χ2n) is 9.49. The summed E-state index contributed by atoms with van der Waals surface area (Å²) in [6.07, 6.45) is 0. The molecule has 4 amide bonds. The van der Waals surface area contributed by atoms with Gasteiger partial charge in [-0.05, 0) is 104 Å². The van der Waals surface area contributed by atoms with E-state index in [0.717, 1.165) is 27.8 Å². The summed E-state index contributed by atoms with van der Waals surface area (Å²) in [5.74, 6) is -0.905. The number of halogens is 1. The number of thioether (sulfide) groups is 1. The van der Waals surface area contributed by atoms with Gasteiger partial charge >= 0.3 is 6.03 Å². The number of ether oxygens (including phenoxy) is 1. The number of anilines is 4. The van der Waals surface area contributed by atoms with Gasteiger partial charge in [0, 0.05) is 22.0 Å². The lowest BCUT2D eigenvalue weighted by Gasteiger charge is -2.15. The molecule has 3 N–H and O–H groups in total. The number of urea groups is 1. The van der Waals surface area contributed by atoms with Gasteiger partial charge in [-0.3, -0.25) is 9.59 Å². The number of hydrogen-bond acceptors (Lipinski definition) is 6. The van der Waals surface area contributed by atoms with Crippen LogP contribution < -0.4 is 25.6 Å². The number of nitrogens with zero attached hydrogens (tertiary/aromatic N) is 1. The zero-order valence-electron chi connectivity index (χ0n) is 23.0. The number of rotatable bonds is 8. The Labute approximate surface area is 246 Å². The Morgan fingerprint density at radius 1 is 0.786 bits per heavy atom. The lowest BCUT2D eigenvalue weighted by Crippen LogP contribution is -2.32. The van der Waals surface area contributed by atoms with Gasteiger partial charge in [-0.1, -0.05) is 23.9 Å². The van der Waals surface area contributed by atoms with Crippen LogP contribution in [0.4, 0.5) is 31.9 Å². The second kappa shape index (κ2) is 12.2. The zero-order valence-corrected chi connectivity index (χ0v) is 23.8. The summed E-state index contributed by atoms with van der Waals surface area (Å²) >= 11 is 1.09. The highest BCUT2D eigenvalue weighted by atomic mass is 32.2. The van der Waals surface area contributed by atoms with Crippen molar-refractivity contribution in [3.63, 3.8) is 0 Å². The van der Waals surface area contributed by atoms with Crippen LogP contribution in [-0.4, -0.2) is 25.0 Å². The molecule has 1 heterocycles. The van der Waals surface area contributed by atoms with Gasteiger partial charge in [-0.15, -0.1) is 0 Å². The Hall–Kier alpha value is -5.09. The number of amides is 4. The molecule has 4 aromatic carbocycles. The van der Waals surface area contributed by atoms with Crippen LogP contribution in [0.5, 0.6) is 5.75 Å². The Morgan fingerprint density at radius 3 is 2.17 bits per heavy atom. The summed E-state index contributed by atoms with van der Waals surface area (Å²) in [7, 11) is 1.56. The fourth-order valence-corrected chi connectivity index (χ4v) is 5.21. The van der Waals surface area contributed by atoms with Crippen LogP contribution in [0.2, 0.25) is 0 Å². The number of aryl methyl sites for hydroxylation is 2. The molecule has 4 aromatic rings. The van der Waals surface area contributed by atoms with Crippen LogP contribution in [0.25, 0.3) is 0 Å². The number of imide groups is 1. The van der Waals surface area contributed by atoms with E-state index in [1.54, 1.807) is 55.6 Å². The largest absolute Gasteiger partial charge is 0.497 e. The molecule has 42 heavy (non-hydrogen) atoms. The van der Waals surface area contributed by atoms with Crippen molar-refractivity contribution in [3.8, 4) is 5.75 Å². The molecule has 0 radical (unpaired) electrons. The van der Waals surface area contributed by atoms with Crippen molar-refractivity contribution in [1.29, 1.82) is 0 Å². The van der Waals surface area contributed by atoms with Gasteiger partial charge in [0.15, 0.2) is 0 Å². The van der Waals surface area contributed by atoms with E-state index in [2.05, 4.69) is 16.0 Å². The molecule has 0 spiro atoms. The first-order valence-corrected chi connectivity index (χ1v) is 13.8. The normalized spacial score (nSPS) is 12.9. The van der Waals surface area contributed by atoms with E-state index in [9.17, 15) is 18.8 Å². The molecule has 5 rings (SSSR count). The maximum absolute atomic E-state index is 13.6. The number of benzene rings is 4. The third kappa shape index (κ3) is 6.29. The number of hydrogen-bond donors (Lipinski definition) is 3. The SMILES string of the molecule is COc1ccc(NC(=O)Nc2cccc(SC3=C(Nc4ccc(C)c(C)c4)C(=O)N(c4ccc(F)cc4)C3=O)c2)cc1. The molecule has 0 saturated carbocycles. The molecule has 0 saturated heterocycles. The highest BCUT2D eigenvalue weighted by Crippen LogP contribution is 2.38. The Bertz CT molecular complexity index is 1700. The minimum absolute atomic E-state index is 0.105. The van der Waals surface area contributed by atoms with Crippen molar-refractivity contribution in [2.24, 2.45) is 0 Å². The average Bonchev–Trinajstić information content (AvgIpc) is 3.20. The monoisotopic (exact) mass is 582 g/mol. The smallest absolute Gasteiger partial charge is 0.323 e. The second-order valence-corrected chi connectivity index (χ2v) is 10.6. The van der Waals surface area contributed by atoms with E-state index >= 15 is 0 Å². The Balaban J connectivity index is 1.40. The van der Waals surface area contributed by atoms with E-state index in [0.29, 0.717) is 27.7 Å². The number of nitrogens with one attached hydrogen (secondary N) is 3. The van der Waals surface area contributed by atoms with Crippen molar-refractivity contribution < 1.29 is 23.5 Å². The molecule has 0 aliphatic carbocycles. The van der Waals surface area contributed by atoms with Gasteiger partial charge in [0.25, 0.3) is 11.8 Å². The molecule has 0 fully saturated rings. The molecule has 0 atom stereocenters. The van der Waals surface area contributed by atoms with E-state index in [-0.39, 0.29) is 16.3 Å². The van der Waals surface area contributed by atoms with Crippen LogP contribution in [0, 0.1) is 19.7 Å². The summed E-state index contributed by atoms with van der Waals surface area (Å²) in [4.78, 5) is 41.6. The third-order valence-electron chi connectivity index (χ3n) is 6.56. The standard InChI is InChI=1S/C32H27FN4O4S/c1-19-7-10-24(17-20(19)2)34-28-29(31(39)37(30(28)38)25-13-8-21(33)9-14-25)42-27-6-4-5-23(18-27)36-32(40)35-22-11-15-26(41-3)16-12-22/h4-18,34H,1-3H3,(H2,35,36,40). The molecule has 1 aliphatic heterocycles. The minimum atomic E-state index is -0.555. The Morgan fingerprint density at radius 2 is 1.48 bits per heavy atom. The van der Waals surface area contributed by atoms with Crippen LogP contribution in [0.1, 0.15) is 11.1 Å². The predicted molar refractivity (Wildman–Crippen MR) is 163 cm³/mol. The molecule has 212 valence electrons. The maximum Gasteiger partial charge on any atom is 0.323 e. The van der Waals surface area contributed by atoms with Crippen molar-refractivity contribution in [3.05, 3.63) is 119 Å². The Kier molecular flexibility index (Phi) is 8.26. The predicted octanol–water partition coefficient (Wildman–Crippen LogP) is 7.08. The molecular formula is C32H27FN4O4S. The van der Waals surface area contributed by atoms with Gasteiger partial charge in [0.2, 0.25) is 0 Å². The lowest BCUT2D eigenvalue weighted by atomic mass is 10.1. The van der Waals surface area contributed by atoms with Gasteiger partial charge in [0.05, 0.1) is 12.8 Å². The summed E-state index contributed by atoms with van der Waals surface area (Å²) in [6, 6.07) is 24.2. The van der Waals surface area contributed by atoms with Crippen molar-refractivity contribution in [2.45, 2.75) is 18.7 Å². The highest BCUT2D eigenvalue weighted by Gasteiger charge is 2.40. The van der Waals surface area contributed by atoms with E-state index in [4.69, 9.17) is 4.74 Å². The van der Waals surface area contributed by atoms with Gasteiger partial charge < -0.3 is 20.7 Å². The lowest BCUT2D eigenvalue weighted by molar-refractivity contribution is -0.120. The van der Waals surface area contributed by atoms with Gasteiger partial charge in [-0.2, -0.15) is 0 Å². The van der Waals surface area contributed by atoms with Crippen LogP contribution >= 0.6 is 11.8 Å². The van der Waals surface area contributed by atoms with Crippen LogP contribution in [0.15, 0.2) is 106 Å². The summed E-state index contributed by atoms with van der Waals surface area (Å²) in [5, 5.41) is 8.67. The number of carbonyl (C=O) groups excluding carboxylic acids is 3. The van der Waals surface area contributed by atoms with E-state index < -0.39 is 23.7 Å². The van der Waals surface area contributed by atoms with Gasteiger partial charge in [-0.25, -0.2) is 14.1 Å². The van der Waals surface area contributed by atoms with E-state index in [1.807, 2.05) is 32.0 Å². The highest BCUT2D eigenvalue weighted by molar-refractivity contribution is 8.04. The van der Waals surface area contributed by atoms with Gasteiger partial charge in [0.1, 0.15) is 22.2 Å². The van der Waals surface area contributed by atoms with E-state index in [1.165, 1.54) is 24.3 Å². The first-order chi connectivity index (χ1) is 20.2. The summed E-state index contributed by atoms with van der Waals surface area (Å²) < 4.78 is 18.7. The first kappa shape index (κ1) is 28.4. The zero-order chi connectivity index (χ0) is 29.8. The van der Waals surface area contributed by atoms with Crippen molar-refractivity contribution in [1.82, 2.24) is 0 Å². The molecule has 0 aromatic heterocycles. The maximum atomic E-state index is 13.6. The fourth-order valence-electron chi connectivity index (χ4n) is 4.23. The quantitative estimate of drug-likeness (QED) is 0.192. The van der Waals surface area contributed by atoms with Crippen LogP contribution in [-0.2, 0) is 9.59 Å². The number of methoxy groups -OCH3 is 1. The molecular weight excluding hydrogens is 555 g/mol. The summed E-state index contributed by atoms with van der Waals surface area (Å²) in [6.45, 7) is 3.94.